The van der Waals surface area contributed by atoms with E-state index in [1.54, 1.807) is 31.2 Å². The first-order valence-corrected chi connectivity index (χ1v) is 10.8. The molecule has 0 spiro atoms. The molecule has 0 aliphatic rings. The topological polar surface area (TPSA) is 134 Å². The van der Waals surface area contributed by atoms with Crippen LogP contribution in [0.5, 0.6) is 0 Å². The summed E-state index contributed by atoms with van der Waals surface area (Å²) >= 11 is 5.89. The Balaban J connectivity index is 1.78. The molecule has 36 heavy (non-hydrogen) atoms. The molecule has 0 fully saturated rings. The van der Waals surface area contributed by atoms with Gasteiger partial charge >= 0.3 is 11.9 Å². The minimum Gasteiger partial charge on any atom is -0.382 e. The number of hydrogen-bond acceptors (Lipinski definition) is 6. The number of nitrogens with zero attached hydrogens (tertiary/aromatic N) is 6. The van der Waals surface area contributed by atoms with E-state index in [2.05, 4.69) is 15.2 Å². The van der Waals surface area contributed by atoms with Crippen LogP contribution in [0.4, 0.5) is 13.2 Å². The fourth-order valence-corrected chi connectivity index (χ4v) is 3.61. The van der Waals surface area contributed by atoms with Gasteiger partial charge in [0, 0.05) is 10.6 Å². The maximum atomic E-state index is 13.1. The lowest BCUT2D eigenvalue weighted by atomic mass is 10.2. The number of aliphatic hydroxyl groups is 1. The molecule has 2 aromatic carbocycles. The number of carbonyl (C=O) groups is 1. The lowest BCUT2D eigenvalue weighted by Gasteiger charge is -2.15. The molecule has 2 heterocycles. The zero-order chi connectivity index (χ0) is 26.2. The normalized spacial score (nSPS) is 12.6. The van der Waals surface area contributed by atoms with Gasteiger partial charge in [0.15, 0.2) is 17.8 Å². The Bertz CT molecular complexity index is 1480. The molecule has 4 rings (SSSR count). The van der Waals surface area contributed by atoms with E-state index < -0.39 is 30.4 Å². The highest BCUT2D eigenvalue weighted by Gasteiger charge is 2.39. The standard InChI is InChI=1S/C22H19ClF3N7O3/c1-12-4-2-3-5-15(12)33-20(18(27)35)28-17(29-33)11-32-21(36)31(10-16(34)22(24,25)26)19(30-32)13-6-8-14(23)9-7-13/h2-9,16,34H,10-11H2,1H3,(H2,27,35)/t16-/m0/s1. The summed E-state index contributed by atoms with van der Waals surface area (Å²) in [6.45, 7) is 0.323. The van der Waals surface area contributed by atoms with Crippen molar-refractivity contribution in [2.75, 3.05) is 0 Å². The van der Waals surface area contributed by atoms with Crippen molar-refractivity contribution in [2.24, 2.45) is 5.73 Å². The van der Waals surface area contributed by atoms with Crippen molar-refractivity contribution in [3.8, 4) is 17.1 Å². The summed E-state index contributed by atoms with van der Waals surface area (Å²) < 4.78 is 41.9. The fourth-order valence-electron chi connectivity index (χ4n) is 3.48. The van der Waals surface area contributed by atoms with E-state index in [1.165, 1.54) is 28.9 Å². The number of hydrogen-bond donors (Lipinski definition) is 2. The van der Waals surface area contributed by atoms with Crippen LogP contribution < -0.4 is 11.4 Å². The molecule has 1 atom stereocenters. The van der Waals surface area contributed by atoms with E-state index >= 15 is 0 Å². The molecule has 0 radical (unpaired) electrons. The van der Waals surface area contributed by atoms with Crippen LogP contribution in [0.15, 0.2) is 53.3 Å². The van der Waals surface area contributed by atoms with Crippen LogP contribution in [-0.2, 0) is 13.1 Å². The largest absolute Gasteiger partial charge is 0.416 e. The lowest BCUT2D eigenvalue weighted by molar-refractivity contribution is -0.207. The molecule has 2 aromatic heterocycles. The van der Waals surface area contributed by atoms with Crippen LogP contribution in [0.3, 0.4) is 0 Å². The molecule has 3 N–H and O–H groups in total. The predicted octanol–water partition coefficient (Wildman–Crippen LogP) is 2.32. The molecule has 1 amide bonds. The molecule has 0 bridgehead atoms. The highest BCUT2D eigenvalue weighted by atomic mass is 35.5. The van der Waals surface area contributed by atoms with Gasteiger partial charge in [-0.25, -0.2) is 19.1 Å². The number of nitrogens with two attached hydrogens (primary N) is 1. The van der Waals surface area contributed by atoms with Crippen molar-refractivity contribution >= 4 is 17.5 Å². The average molecular weight is 522 g/mol. The Kier molecular flexibility index (Phi) is 6.69. The number of aliphatic hydroxyl groups excluding tert-OH is 1. The number of alkyl halides is 3. The van der Waals surface area contributed by atoms with E-state index in [1.807, 2.05) is 0 Å². The van der Waals surface area contributed by atoms with E-state index in [0.717, 1.165) is 10.2 Å². The van der Waals surface area contributed by atoms with Gasteiger partial charge in [-0.15, -0.1) is 10.2 Å². The predicted molar refractivity (Wildman–Crippen MR) is 123 cm³/mol. The number of halogens is 4. The molecular weight excluding hydrogens is 503 g/mol. The number of benzene rings is 2. The first kappa shape index (κ1) is 25.1. The molecule has 10 nitrogen and oxygen atoms in total. The molecule has 14 heteroatoms. The quantitative estimate of drug-likeness (QED) is 0.383. The van der Waals surface area contributed by atoms with Crippen molar-refractivity contribution < 1.29 is 23.1 Å². The minimum atomic E-state index is -4.96. The number of aromatic nitrogens is 6. The molecular formula is C22H19ClF3N7O3. The number of aryl methyl sites for hydroxylation is 1. The summed E-state index contributed by atoms with van der Waals surface area (Å²) in [5.74, 6) is -1.23. The molecule has 0 saturated heterocycles. The number of rotatable bonds is 7. The zero-order valence-corrected chi connectivity index (χ0v) is 19.4. The van der Waals surface area contributed by atoms with Crippen LogP contribution in [0, 0.1) is 6.92 Å². The highest BCUT2D eigenvalue weighted by molar-refractivity contribution is 6.30. The van der Waals surface area contributed by atoms with Gasteiger partial charge < -0.3 is 10.8 Å². The van der Waals surface area contributed by atoms with Crippen molar-refractivity contribution in [3.63, 3.8) is 0 Å². The summed E-state index contributed by atoms with van der Waals surface area (Å²) in [7, 11) is 0. The Morgan fingerprint density at radius 3 is 2.42 bits per heavy atom. The van der Waals surface area contributed by atoms with E-state index in [0.29, 0.717) is 20.8 Å². The Morgan fingerprint density at radius 1 is 1.14 bits per heavy atom. The fraction of sp³-hybridized carbons (Fsp3) is 0.227. The summed E-state index contributed by atoms with van der Waals surface area (Å²) in [6.07, 6.45) is -7.76. The zero-order valence-electron chi connectivity index (χ0n) is 18.6. The third-order valence-electron chi connectivity index (χ3n) is 5.26. The van der Waals surface area contributed by atoms with E-state index in [9.17, 15) is 27.9 Å². The Labute approximate surface area is 206 Å². The van der Waals surface area contributed by atoms with E-state index in [4.69, 9.17) is 17.3 Å². The van der Waals surface area contributed by atoms with Gasteiger partial charge in [-0.1, -0.05) is 29.8 Å². The summed E-state index contributed by atoms with van der Waals surface area (Å²) in [4.78, 5) is 29.2. The highest BCUT2D eigenvalue weighted by Crippen LogP contribution is 2.24. The molecule has 0 aliphatic carbocycles. The van der Waals surface area contributed by atoms with Gasteiger partial charge in [0.05, 0.1) is 12.2 Å². The second kappa shape index (κ2) is 9.59. The van der Waals surface area contributed by atoms with Gasteiger partial charge in [-0.05, 0) is 42.8 Å². The first-order chi connectivity index (χ1) is 17.0. The van der Waals surface area contributed by atoms with Gasteiger partial charge in [0.25, 0.3) is 5.91 Å². The summed E-state index contributed by atoms with van der Waals surface area (Å²) in [5, 5.41) is 18.4. The maximum absolute atomic E-state index is 13.1. The minimum absolute atomic E-state index is 0.0298. The van der Waals surface area contributed by atoms with Crippen molar-refractivity contribution in [1.29, 1.82) is 0 Å². The van der Waals surface area contributed by atoms with Crippen molar-refractivity contribution in [3.05, 3.63) is 81.3 Å². The number of carbonyl (C=O) groups excluding carboxylic acids is 1. The van der Waals surface area contributed by atoms with Gasteiger partial charge in [0.1, 0.15) is 6.54 Å². The molecule has 188 valence electrons. The Hall–Kier alpha value is -3.97. The van der Waals surface area contributed by atoms with Crippen molar-refractivity contribution in [2.45, 2.75) is 32.3 Å². The third kappa shape index (κ3) is 5.02. The Morgan fingerprint density at radius 2 is 1.81 bits per heavy atom. The van der Waals surface area contributed by atoms with Gasteiger partial charge in [-0.2, -0.15) is 13.2 Å². The summed E-state index contributed by atoms with van der Waals surface area (Å²) in [5.41, 5.74) is 6.09. The third-order valence-corrected chi connectivity index (χ3v) is 5.52. The smallest absolute Gasteiger partial charge is 0.382 e. The molecule has 0 unspecified atom stereocenters. The number of para-hydroxylation sites is 1. The van der Waals surface area contributed by atoms with Crippen LogP contribution in [-0.4, -0.2) is 52.4 Å². The van der Waals surface area contributed by atoms with Crippen LogP contribution in [0.1, 0.15) is 22.0 Å². The van der Waals surface area contributed by atoms with Gasteiger partial charge in [-0.3, -0.25) is 9.36 Å². The monoisotopic (exact) mass is 521 g/mol. The molecule has 0 aliphatic heterocycles. The average Bonchev–Trinajstić information content (AvgIpc) is 3.36. The van der Waals surface area contributed by atoms with Crippen LogP contribution in [0.25, 0.3) is 17.1 Å². The van der Waals surface area contributed by atoms with Crippen molar-refractivity contribution in [1.82, 2.24) is 29.1 Å². The second-order valence-corrected chi connectivity index (χ2v) is 8.29. The second-order valence-electron chi connectivity index (χ2n) is 7.85. The lowest BCUT2D eigenvalue weighted by Crippen LogP contribution is -2.37. The van der Waals surface area contributed by atoms with E-state index in [-0.39, 0.29) is 24.0 Å². The van der Waals surface area contributed by atoms with Crippen LogP contribution >= 0.6 is 11.6 Å². The number of amides is 1. The SMILES string of the molecule is Cc1ccccc1-n1nc(Cn2nc(-c3ccc(Cl)cc3)n(C[C@H](O)C(F)(F)F)c2=O)nc1C(N)=O. The number of primary amides is 1. The van der Waals surface area contributed by atoms with Gasteiger partial charge in [0.2, 0.25) is 5.82 Å². The summed E-state index contributed by atoms with van der Waals surface area (Å²) in [6, 6.07) is 12.9. The molecule has 0 saturated carbocycles. The first-order valence-electron chi connectivity index (χ1n) is 10.5. The maximum Gasteiger partial charge on any atom is 0.416 e. The molecule has 4 aromatic rings. The van der Waals surface area contributed by atoms with Crippen LogP contribution in [0.2, 0.25) is 5.02 Å².